The largest absolute Gasteiger partial charge is 0.444 e. The predicted octanol–water partition coefficient (Wildman–Crippen LogP) is 2.93. The van der Waals surface area contributed by atoms with Crippen LogP contribution < -0.4 is 10.2 Å². The van der Waals surface area contributed by atoms with Crippen molar-refractivity contribution in [2.75, 3.05) is 11.4 Å². The zero-order valence-corrected chi connectivity index (χ0v) is 14.1. The maximum atomic E-state index is 12.5. The summed E-state index contributed by atoms with van der Waals surface area (Å²) in [5.41, 5.74) is 0.294. The molecule has 23 heavy (non-hydrogen) atoms. The van der Waals surface area contributed by atoms with Crippen LogP contribution in [0.5, 0.6) is 0 Å². The predicted molar refractivity (Wildman–Crippen MR) is 89.7 cm³/mol. The second-order valence-electron chi connectivity index (χ2n) is 6.44. The molecule has 1 N–H and O–H groups in total. The number of thiazole rings is 1. The summed E-state index contributed by atoms with van der Waals surface area (Å²) in [7, 11) is 0. The molecule has 2 amide bonds. The lowest BCUT2D eigenvalue weighted by Crippen LogP contribution is -2.43. The van der Waals surface area contributed by atoms with E-state index >= 15 is 0 Å². The lowest BCUT2D eigenvalue weighted by Gasteiger charge is -2.21. The summed E-state index contributed by atoms with van der Waals surface area (Å²) in [5, 5.41) is 3.31. The molecule has 1 aliphatic heterocycles. The third-order valence-electron chi connectivity index (χ3n) is 3.41. The van der Waals surface area contributed by atoms with Gasteiger partial charge in [-0.2, -0.15) is 0 Å². The van der Waals surface area contributed by atoms with Crippen LogP contribution in [0.15, 0.2) is 24.3 Å². The number of alkyl carbamates (subject to hydrolysis) is 1. The lowest BCUT2D eigenvalue weighted by molar-refractivity contribution is -0.118. The summed E-state index contributed by atoms with van der Waals surface area (Å²) in [6, 6.07) is 7.21. The van der Waals surface area contributed by atoms with E-state index in [1.807, 2.05) is 24.3 Å². The number of nitrogens with zero attached hydrogens (tertiary/aromatic N) is 2. The number of carbonyl (C=O) groups is 2. The summed E-state index contributed by atoms with van der Waals surface area (Å²) in [4.78, 5) is 30.5. The van der Waals surface area contributed by atoms with E-state index in [0.29, 0.717) is 18.1 Å². The van der Waals surface area contributed by atoms with Gasteiger partial charge in [-0.3, -0.25) is 9.69 Å². The van der Waals surface area contributed by atoms with Gasteiger partial charge in [0.25, 0.3) is 5.91 Å². The summed E-state index contributed by atoms with van der Waals surface area (Å²) in [6.45, 7) is 5.91. The van der Waals surface area contributed by atoms with Crippen LogP contribution in [0.2, 0.25) is 0 Å². The van der Waals surface area contributed by atoms with Gasteiger partial charge < -0.3 is 10.1 Å². The number of hydrogen-bond donors (Lipinski definition) is 1. The third-order valence-corrected chi connectivity index (χ3v) is 4.47. The number of rotatable bonds is 2. The minimum atomic E-state index is -0.585. The minimum absolute atomic E-state index is 0.144. The molecule has 2 aromatic rings. The highest BCUT2D eigenvalue weighted by Gasteiger charge is 2.36. The van der Waals surface area contributed by atoms with Gasteiger partial charge in [0.2, 0.25) is 0 Å². The Morgan fingerprint density at radius 1 is 1.39 bits per heavy atom. The molecule has 6 nitrogen and oxygen atoms in total. The molecule has 7 heteroatoms. The van der Waals surface area contributed by atoms with E-state index in [9.17, 15) is 9.59 Å². The second-order valence-corrected chi connectivity index (χ2v) is 7.45. The molecule has 0 bridgehead atoms. The number of para-hydroxylation sites is 1. The van der Waals surface area contributed by atoms with Crippen molar-refractivity contribution in [3.8, 4) is 0 Å². The molecular formula is C16H19N3O3S. The maximum absolute atomic E-state index is 12.5. The van der Waals surface area contributed by atoms with Gasteiger partial charge >= 0.3 is 6.09 Å². The van der Waals surface area contributed by atoms with Gasteiger partial charge in [-0.1, -0.05) is 23.5 Å². The molecule has 1 aromatic heterocycles. The molecule has 1 saturated heterocycles. The highest BCUT2D eigenvalue weighted by molar-refractivity contribution is 7.22. The fourth-order valence-electron chi connectivity index (χ4n) is 2.43. The van der Waals surface area contributed by atoms with Crippen LogP contribution in [0.1, 0.15) is 27.2 Å². The number of aromatic nitrogens is 1. The molecule has 122 valence electrons. The zero-order valence-electron chi connectivity index (χ0n) is 13.3. The Morgan fingerprint density at radius 2 is 2.13 bits per heavy atom. The standard InChI is InChI=1S/C16H19N3O3S/c1-16(2,3)22-15(21)18-11-8-9-19(13(11)20)14-17-10-6-4-5-7-12(10)23-14/h4-7,11H,8-9H2,1-3H3,(H,18,21)/t11-/m0/s1. The highest BCUT2D eigenvalue weighted by atomic mass is 32.1. The summed E-state index contributed by atoms with van der Waals surface area (Å²) >= 11 is 1.48. The number of nitrogens with one attached hydrogen (secondary N) is 1. The molecule has 1 atom stereocenters. The second kappa shape index (κ2) is 5.81. The molecule has 1 aliphatic rings. The number of benzene rings is 1. The monoisotopic (exact) mass is 333 g/mol. The van der Waals surface area contributed by atoms with E-state index in [0.717, 1.165) is 10.2 Å². The van der Waals surface area contributed by atoms with Gasteiger partial charge in [0.15, 0.2) is 5.13 Å². The van der Waals surface area contributed by atoms with Crippen molar-refractivity contribution in [2.24, 2.45) is 0 Å². The number of fused-ring (bicyclic) bond motifs is 1. The molecule has 2 heterocycles. The van der Waals surface area contributed by atoms with E-state index in [2.05, 4.69) is 10.3 Å². The Labute approximate surface area is 138 Å². The maximum Gasteiger partial charge on any atom is 0.408 e. The van der Waals surface area contributed by atoms with Crippen LogP contribution in [0.3, 0.4) is 0 Å². The van der Waals surface area contributed by atoms with Gasteiger partial charge in [-0.05, 0) is 39.3 Å². The lowest BCUT2D eigenvalue weighted by atomic mass is 10.2. The van der Waals surface area contributed by atoms with E-state index in [-0.39, 0.29) is 5.91 Å². The molecule has 0 spiro atoms. The fraction of sp³-hybridized carbons (Fsp3) is 0.438. The SMILES string of the molecule is CC(C)(C)OC(=O)N[C@H]1CCN(c2nc3ccccc3s2)C1=O. The van der Waals surface area contributed by atoms with Gasteiger partial charge in [0.05, 0.1) is 10.2 Å². The van der Waals surface area contributed by atoms with Crippen molar-refractivity contribution in [1.29, 1.82) is 0 Å². The number of ether oxygens (including phenoxy) is 1. The van der Waals surface area contributed by atoms with Crippen molar-refractivity contribution >= 4 is 38.7 Å². The summed E-state index contributed by atoms with van der Waals surface area (Å²) in [5.74, 6) is -0.144. The first-order chi connectivity index (χ1) is 10.8. The normalized spacial score (nSPS) is 18.5. The van der Waals surface area contributed by atoms with E-state index in [1.54, 1.807) is 25.7 Å². The summed E-state index contributed by atoms with van der Waals surface area (Å²) < 4.78 is 6.24. The molecule has 0 saturated carbocycles. The van der Waals surface area contributed by atoms with Crippen molar-refractivity contribution in [2.45, 2.75) is 38.8 Å². The molecule has 0 radical (unpaired) electrons. The highest BCUT2D eigenvalue weighted by Crippen LogP contribution is 2.31. The zero-order chi connectivity index (χ0) is 16.6. The van der Waals surface area contributed by atoms with Gasteiger partial charge in [-0.15, -0.1) is 0 Å². The molecule has 0 aliphatic carbocycles. The average molecular weight is 333 g/mol. The fourth-order valence-corrected chi connectivity index (χ4v) is 3.43. The Morgan fingerprint density at radius 3 is 2.83 bits per heavy atom. The van der Waals surface area contributed by atoms with Crippen molar-refractivity contribution < 1.29 is 14.3 Å². The van der Waals surface area contributed by atoms with Crippen molar-refractivity contribution in [3.63, 3.8) is 0 Å². The van der Waals surface area contributed by atoms with Crippen LogP contribution in [-0.2, 0) is 9.53 Å². The van der Waals surface area contributed by atoms with Gasteiger partial charge in [-0.25, -0.2) is 9.78 Å². The topological polar surface area (TPSA) is 71.5 Å². The average Bonchev–Trinajstić information content (AvgIpc) is 3.01. The van der Waals surface area contributed by atoms with E-state index < -0.39 is 17.7 Å². The minimum Gasteiger partial charge on any atom is -0.444 e. The van der Waals surface area contributed by atoms with E-state index in [1.165, 1.54) is 11.3 Å². The smallest absolute Gasteiger partial charge is 0.408 e. The number of amides is 2. The van der Waals surface area contributed by atoms with Crippen molar-refractivity contribution in [1.82, 2.24) is 10.3 Å². The number of carbonyl (C=O) groups excluding carboxylic acids is 2. The van der Waals surface area contributed by atoms with Gasteiger partial charge in [0.1, 0.15) is 11.6 Å². The Kier molecular flexibility index (Phi) is 3.97. The number of anilines is 1. The van der Waals surface area contributed by atoms with Crippen LogP contribution in [0.25, 0.3) is 10.2 Å². The Balaban J connectivity index is 1.70. The van der Waals surface area contributed by atoms with Crippen molar-refractivity contribution in [3.05, 3.63) is 24.3 Å². The molecule has 1 aromatic carbocycles. The number of hydrogen-bond acceptors (Lipinski definition) is 5. The van der Waals surface area contributed by atoms with Crippen LogP contribution >= 0.6 is 11.3 Å². The first-order valence-electron chi connectivity index (χ1n) is 7.50. The Bertz CT molecular complexity index is 717. The molecule has 1 fully saturated rings. The molecule has 0 unspecified atom stereocenters. The quantitative estimate of drug-likeness (QED) is 0.917. The van der Waals surface area contributed by atoms with Crippen LogP contribution in [0, 0.1) is 0 Å². The first kappa shape index (κ1) is 15.7. The Hall–Kier alpha value is -2.15. The van der Waals surface area contributed by atoms with Gasteiger partial charge in [0, 0.05) is 6.54 Å². The van der Waals surface area contributed by atoms with Crippen LogP contribution in [0.4, 0.5) is 9.93 Å². The summed E-state index contributed by atoms with van der Waals surface area (Å²) in [6.07, 6.45) is -0.0180. The van der Waals surface area contributed by atoms with Crippen LogP contribution in [-0.4, -0.2) is 35.2 Å². The molecular weight excluding hydrogens is 314 g/mol. The first-order valence-corrected chi connectivity index (χ1v) is 8.31. The third kappa shape index (κ3) is 3.44. The van der Waals surface area contributed by atoms with E-state index in [4.69, 9.17) is 4.74 Å². The molecule has 3 rings (SSSR count).